The minimum absolute atomic E-state index is 0.251. The first-order valence-corrected chi connectivity index (χ1v) is 5.38. The minimum atomic E-state index is -0.608. The van der Waals surface area contributed by atoms with Crippen LogP contribution in [0.15, 0.2) is 27.7 Å². The quantitative estimate of drug-likeness (QED) is 0.499. The predicted molar refractivity (Wildman–Crippen MR) is 63.3 cm³/mol. The number of halogens is 3. The molecule has 2 nitrogen and oxygen atoms in total. The van der Waals surface area contributed by atoms with E-state index in [2.05, 4.69) is 38.4 Å². The highest BCUT2D eigenvalue weighted by molar-refractivity contribution is 9.11. The second-order valence-corrected chi connectivity index (χ2v) is 4.45. The number of hydrogen-bond acceptors (Lipinski definition) is 2. The molecule has 0 saturated carbocycles. The van der Waals surface area contributed by atoms with Crippen molar-refractivity contribution >= 4 is 37.5 Å². The van der Waals surface area contributed by atoms with Gasteiger partial charge >= 0.3 is 0 Å². The molecule has 5 heteroatoms. The van der Waals surface area contributed by atoms with Crippen LogP contribution in [0.25, 0.3) is 0 Å². The van der Waals surface area contributed by atoms with E-state index in [0.717, 1.165) is 0 Å². The van der Waals surface area contributed by atoms with E-state index in [9.17, 15) is 4.39 Å². The smallest absolute Gasteiger partial charge is 0.144 e. The number of benzene rings is 1. The number of nitrogen functional groups attached to an aromatic ring is 1. The van der Waals surface area contributed by atoms with Crippen molar-refractivity contribution in [3.63, 3.8) is 0 Å². The number of anilines is 1. The summed E-state index contributed by atoms with van der Waals surface area (Å²) in [6.45, 7) is 3.50. The highest BCUT2D eigenvalue weighted by Gasteiger charge is 2.17. The molecule has 0 radical (unpaired) electrons. The van der Waals surface area contributed by atoms with Crippen LogP contribution in [0.4, 0.5) is 10.1 Å². The zero-order valence-corrected chi connectivity index (χ0v) is 10.4. The van der Waals surface area contributed by atoms with Crippen molar-refractivity contribution in [2.24, 2.45) is 5.73 Å². The Bertz CT molecular complexity index is 353. The van der Waals surface area contributed by atoms with Crippen molar-refractivity contribution in [3.8, 4) is 0 Å². The van der Waals surface area contributed by atoms with Crippen molar-refractivity contribution in [1.29, 1.82) is 0 Å². The Morgan fingerprint density at radius 3 is 2.50 bits per heavy atom. The SMILES string of the molecule is C=C[C@@H](N)c1c(N)c(Br)cc(Br)c1F. The standard InChI is InChI=1S/C9H9Br2FN2/c1-2-6(13)7-8(12)4(10)3-5(11)9(7)14/h2-3,6H,1,13-14H2/t6-/m1/s1. The van der Waals surface area contributed by atoms with E-state index in [1.165, 1.54) is 6.08 Å². The first kappa shape index (κ1) is 11.7. The third-order valence-corrected chi connectivity index (χ3v) is 3.07. The summed E-state index contributed by atoms with van der Waals surface area (Å²) in [5.41, 5.74) is 11.9. The van der Waals surface area contributed by atoms with E-state index in [4.69, 9.17) is 11.5 Å². The molecule has 76 valence electrons. The van der Waals surface area contributed by atoms with E-state index < -0.39 is 11.9 Å². The Balaban J connectivity index is 3.46. The maximum atomic E-state index is 13.6. The summed E-state index contributed by atoms with van der Waals surface area (Å²) in [7, 11) is 0. The molecule has 0 spiro atoms. The van der Waals surface area contributed by atoms with E-state index in [1.807, 2.05) is 0 Å². The average molecular weight is 324 g/mol. The van der Waals surface area contributed by atoms with Crippen LogP contribution in [-0.2, 0) is 0 Å². The van der Waals surface area contributed by atoms with Gasteiger partial charge in [0.05, 0.1) is 16.2 Å². The molecule has 0 bridgehead atoms. The second kappa shape index (κ2) is 4.42. The molecule has 1 aromatic rings. The molecule has 0 aliphatic heterocycles. The van der Waals surface area contributed by atoms with Gasteiger partial charge in [0.1, 0.15) is 5.82 Å². The van der Waals surface area contributed by atoms with Crippen LogP contribution in [0.1, 0.15) is 11.6 Å². The van der Waals surface area contributed by atoms with Gasteiger partial charge in [0.15, 0.2) is 0 Å². The van der Waals surface area contributed by atoms with Crippen molar-refractivity contribution < 1.29 is 4.39 Å². The van der Waals surface area contributed by atoms with Crippen molar-refractivity contribution in [3.05, 3.63) is 39.0 Å². The molecular formula is C9H9Br2FN2. The summed E-state index contributed by atoms with van der Waals surface area (Å²) < 4.78 is 14.5. The number of rotatable bonds is 2. The zero-order valence-electron chi connectivity index (χ0n) is 7.23. The van der Waals surface area contributed by atoms with Crippen LogP contribution in [0.3, 0.4) is 0 Å². The Labute approximate surface area is 98.4 Å². The highest BCUT2D eigenvalue weighted by atomic mass is 79.9. The van der Waals surface area contributed by atoms with Gasteiger partial charge in [-0.2, -0.15) is 0 Å². The van der Waals surface area contributed by atoms with Crippen LogP contribution < -0.4 is 11.5 Å². The predicted octanol–water partition coefficient (Wildman–Crippen LogP) is 3.12. The summed E-state index contributed by atoms with van der Waals surface area (Å²) in [6, 6.07) is 0.938. The van der Waals surface area contributed by atoms with Gasteiger partial charge in [0.25, 0.3) is 0 Å². The van der Waals surface area contributed by atoms with Crippen molar-refractivity contribution in [2.45, 2.75) is 6.04 Å². The third kappa shape index (κ3) is 1.99. The van der Waals surface area contributed by atoms with E-state index >= 15 is 0 Å². The largest absolute Gasteiger partial charge is 0.397 e. The number of nitrogens with two attached hydrogens (primary N) is 2. The topological polar surface area (TPSA) is 52.0 Å². The van der Waals surface area contributed by atoms with Gasteiger partial charge < -0.3 is 11.5 Å². The van der Waals surface area contributed by atoms with E-state index in [1.54, 1.807) is 6.07 Å². The Hall–Kier alpha value is -0.390. The lowest BCUT2D eigenvalue weighted by molar-refractivity contribution is 0.597. The monoisotopic (exact) mass is 322 g/mol. The van der Waals surface area contributed by atoms with Gasteiger partial charge in [0, 0.05) is 10.0 Å². The normalized spacial score (nSPS) is 12.6. The van der Waals surface area contributed by atoms with Crippen molar-refractivity contribution in [2.75, 3.05) is 5.73 Å². The molecule has 0 aliphatic carbocycles. The third-order valence-electron chi connectivity index (χ3n) is 1.83. The molecular weight excluding hydrogens is 315 g/mol. The molecule has 0 amide bonds. The molecule has 1 atom stereocenters. The fourth-order valence-corrected chi connectivity index (χ4v) is 2.26. The van der Waals surface area contributed by atoms with E-state index in [0.29, 0.717) is 14.6 Å². The van der Waals surface area contributed by atoms with Crippen molar-refractivity contribution in [1.82, 2.24) is 0 Å². The first-order chi connectivity index (χ1) is 6.49. The molecule has 1 aromatic carbocycles. The molecule has 1 rings (SSSR count). The summed E-state index contributed by atoms with van der Waals surface area (Å²) in [5, 5.41) is 0. The van der Waals surface area contributed by atoms with Gasteiger partial charge in [-0.1, -0.05) is 6.08 Å². The maximum Gasteiger partial charge on any atom is 0.144 e. The van der Waals surface area contributed by atoms with Gasteiger partial charge in [-0.3, -0.25) is 0 Å². The molecule has 4 N–H and O–H groups in total. The van der Waals surface area contributed by atoms with Gasteiger partial charge in [-0.15, -0.1) is 6.58 Å². The molecule has 0 aliphatic rings. The Morgan fingerprint density at radius 2 is 2.00 bits per heavy atom. The van der Waals surface area contributed by atoms with Crippen LogP contribution in [-0.4, -0.2) is 0 Å². The zero-order chi connectivity index (χ0) is 10.9. The molecule has 0 aromatic heterocycles. The van der Waals surface area contributed by atoms with Gasteiger partial charge in [0.2, 0.25) is 0 Å². The molecule has 0 fully saturated rings. The lowest BCUT2D eigenvalue weighted by Gasteiger charge is -2.14. The van der Waals surface area contributed by atoms with Crippen LogP contribution >= 0.6 is 31.9 Å². The van der Waals surface area contributed by atoms with Crippen LogP contribution in [0.5, 0.6) is 0 Å². The van der Waals surface area contributed by atoms with Crippen LogP contribution in [0.2, 0.25) is 0 Å². The summed E-state index contributed by atoms with van der Waals surface area (Å²) >= 11 is 6.30. The lowest BCUT2D eigenvalue weighted by atomic mass is 10.1. The molecule has 0 heterocycles. The van der Waals surface area contributed by atoms with E-state index in [-0.39, 0.29) is 5.56 Å². The molecule has 0 unspecified atom stereocenters. The molecule has 0 saturated heterocycles. The fraction of sp³-hybridized carbons (Fsp3) is 0.111. The second-order valence-electron chi connectivity index (χ2n) is 2.74. The van der Waals surface area contributed by atoms with Gasteiger partial charge in [-0.25, -0.2) is 4.39 Å². The first-order valence-electron chi connectivity index (χ1n) is 3.80. The minimum Gasteiger partial charge on any atom is -0.397 e. The van der Waals surface area contributed by atoms with Crippen LogP contribution in [0, 0.1) is 5.82 Å². The Kier molecular flexibility index (Phi) is 3.69. The average Bonchev–Trinajstić information content (AvgIpc) is 2.15. The summed E-state index contributed by atoms with van der Waals surface area (Å²) in [4.78, 5) is 0. The highest BCUT2D eigenvalue weighted by Crippen LogP contribution is 2.34. The fourth-order valence-electron chi connectivity index (χ4n) is 1.07. The summed E-state index contributed by atoms with van der Waals surface area (Å²) in [5.74, 6) is -0.446. The molecule has 14 heavy (non-hydrogen) atoms. The lowest BCUT2D eigenvalue weighted by Crippen LogP contribution is -2.12. The van der Waals surface area contributed by atoms with Gasteiger partial charge in [-0.05, 0) is 37.9 Å². The number of hydrogen-bond donors (Lipinski definition) is 2. The maximum absolute atomic E-state index is 13.6. The Morgan fingerprint density at radius 1 is 1.43 bits per heavy atom. The summed E-state index contributed by atoms with van der Waals surface area (Å²) in [6.07, 6.45) is 1.44.